The number of aliphatic hydroxyl groups excluding tert-OH is 6. The molecule has 3 saturated heterocycles. The quantitative estimate of drug-likeness (QED) is 0.209. The highest BCUT2D eigenvalue weighted by molar-refractivity contribution is 5.73. The molecule has 3 aliphatic heterocycles. The second kappa shape index (κ2) is 9.70. The minimum atomic E-state index is -1.89. The van der Waals surface area contributed by atoms with Gasteiger partial charge < -0.3 is 50.0 Å². The standard InChI is InChI=1S/C21H30N2O11/c1-23(7-3-5-10(23)9-4-2-6-22-8-9)18-16(12(25)13(26)17(32-18)19(29)30)33-21-15(28)11(24)14(27)20(31)34-21/h2,4,6,8,10-18,20-21,24-28,31H,3,5,7H2,1H3/p+1. The number of carbonyl (C=O) groups is 1. The number of hydrogen-bond acceptors (Lipinski definition) is 11. The molecule has 12 unspecified atom stereocenters. The summed E-state index contributed by atoms with van der Waals surface area (Å²) < 4.78 is 16.8. The lowest BCUT2D eigenvalue weighted by atomic mass is 9.94. The van der Waals surface area contributed by atoms with Gasteiger partial charge in [-0.05, 0) is 6.07 Å². The second-order valence-electron chi connectivity index (χ2n) is 9.25. The predicted molar refractivity (Wildman–Crippen MR) is 109 cm³/mol. The van der Waals surface area contributed by atoms with E-state index in [0.717, 1.165) is 12.0 Å². The predicted octanol–water partition coefficient (Wildman–Crippen LogP) is -2.96. The van der Waals surface area contributed by atoms with Crippen LogP contribution in [0.3, 0.4) is 0 Å². The molecule has 0 saturated carbocycles. The minimum absolute atomic E-state index is 0.0699. The molecule has 34 heavy (non-hydrogen) atoms. The van der Waals surface area contributed by atoms with E-state index >= 15 is 0 Å². The first kappa shape index (κ1) is 25.3. The molecule has 0 aliphatic carbocycles. The summed E-state index contributed by atoms with van der Waals surface area (Å²) in [4.78, 5) is 15.9. The monoisotopic (exact) mass is 487 g/mol. The van der Waals surface area contributed by atoms with Crippen LogP contribution in [0.2, 0.25) is 0 Å². The Hall–Kier alpha value is -1.78. The number of quaternary nitrogens is 1. The van der Waals surface area contributed by atoms with Gasteiger partial charge in [-0.25, -0.2) is 4.79 Å². The second-order valence-corrected chi connectivity index (χ2v) is 9.25. The van der Waals surface area contributed by atoms with Crippen molar-refractivity contribution in [3.8, 4) is 0 Å². The lowest BCUT2D eigenvalue weighted by Crippen LogP contribution is -2.71. The first-order valence-corrected chi connectivity index (χ1v) is 11.1. The summed E-state index contributed by atoms with van der Waals surface area (Å²) in [5, 5.41) is 70.9. The molecule has 190 valence electrons. The molecule has 12 atom stereocenters. The van der Waals surface area contributed by atoms with E-state index in [-0.39, 0.29) is 10.5 Å². The molecule has 0 bridgehead atoms. The van der Waals surface area contributed by atoms with Crippen molar-refractivity contribution < 1.29 is 59.2 Å². The topological polar surface area (TPSA) is 199 Å². The number of pyridine rings is 1. The van der Waals surface area contributed by atoms with Gasteiger partial charge in [0.25, 0.3) is 0 Å². The number of carboxylic acids is 1. The zero-order valence-corrected chi connectivity index (χ0v) is 18.4. The van der Waals surface area contributed by atoms with Crippen molar-refractivity contribution in [3.63, 3.8) is 0 Å². The number of carboxylic acid groups (broad SMARTS) is 1. The van der Waals surface area contributed by atoms with Crippen LogP contribution in [0, 0.1) is 0 Å². The van der Waals surface area contributed by atoms with Crippen molar-refractivity contribution in [2.45, 2.75) is 80.4 Å². The van der Waals surface area contributed by atoms with E-state index in [1.165, 1.54) is 0 Å². The van der Waals surface area contributed by atoms with Crippen LogP contribution in [0.4, 0.5) is 0 Å². The van der Waals surface area contributed by atoms with Gasteiger partial charge in [0, 0.05) is 30.8 Å². The average molecular weight is 487 g/mol. The number of likely N-dealkylation sites (tertiary alicyclic amines) is 1. The van der Waals surface area contributed by atoms with Gasteiger partial charge >= 0.3 is 5.97 Å². The van der Waals surface area contributed by atoms with Gasteiger partial charge in [-0.15, -0.1) is 0 Å². The Labute approximate surface area is 195 Å². The number of likely N-dealkylation sites (N-methyl/N-ethyl adjacent to an activating group) is 1. The molecule has 1 aromatic heterocycles. The molecule has 4 rings (SSSR count). The summed E-state index contributed by atoms with van der Waals surface area (Å²) in [5.41, 5.74) is 0.861. The SMILES string of the molecule is C[N+]1(C2OC(C(=O)O)C(O)C(O)C2OC2OC(O)C(O)C(O)C2O)CCCC1c1cccnc1. The summed E-state index contributed by atoms with van der Waals surface area (Å²) in [5.74, 6) is -1.47. The van der Waals surface area contributed by atoms with E-state index in [1.54, 1.807) is 25.5 Å². The number of rotatable bonds is 5. The third kappa shape index (κ3) is 4.33. The summed E-state index contributed by atoms with van der Waals surface area (Å²) >= 11 is 0. The lowest BCUT2D eigenvalue weighted by Gasteiger charge is -2.51. The van der Waals surface area contributed by atoms with E-state index < -0.39 is 67.5 Å². The Morgan fingerprint density at radius 2 is 1.79 bits per heavy atom. The molecular formula is C21H31N2O11+. The van der Waals surface area contributed by atoms with E-state index in [1.807, 2.05) is 6.07 Å². The molecule has 1 aromatic rings. The van der Waals surface area contributed by atoms with Crippen molar-refractivity contribution in [2.24, 2.45) is 0 Å². The van der Waals surface area contributed by atoms with Crippen molar-refractivity contribution in [1.29, 1.82) is 0 Å². The minimum Gasteiger partial charge on any atom is -0.479 e. The van der Waals surface area contributed by atoms with Crippen molar-refractivity contribution in [2.75, 3.05) is 13.6 Å². The van der Waals surface area contributed by atoms with E-state index in [9.17, 15) is 40.5 Å². The molecule has 3 fully saturated rings. The number of aliphatic hydroxyl groups is 6. The lowest BCUT2D eigenvalue weighted by molar-refractivity contribution is -0.977. The smallest absolute Gasteiger partial charge is 0.335 e. The van der Waals surface area contributed by atoms with Crippen LogP contribution >= 0.6 is 0 Å². The number of ether oxygens (including phenoxy) is 3. The van der Waals surface area contributed by atoms with Gasteiger partial charge in [0.05, 0.1) is 13.6 Å². The van der Waals surface area contributed by atoms with Crippen LogP contribution in [0.15, 0.2) is 24.5 Å². The van der Waals surface area contributed by atoms with E-state index in [4.69, 9.17) is 14.2 Å². The molecule has 0 amide bonds. The zero-order valence-electron chi connectivity index (χ0n) is 18.4. The van der Waals surface area contributed by atoms with Gasteiger partial charge in [0.2, 0.25) is 6.23 Å². The highest BCUT2D eigenvalue weighted by Gasteiger charge is 2.60. The number of hydrogen-bond donors (Lipinski definition) is 7. The number of aliphatic carboxylic acids is 1. The zero-order chi connectivity index (χ0) is 24.8. The molecule has 4 heterocycles. The first-order valence-electron chi connectivity index (χ1n) is 11.1. The summed E-state index contributed by atoms with van der Waals surface area (Å²) in [6.07, 6.45) is -12.2. The first-order chi connectivity index (χ1) is 16.1. The maximum Gasteiger partial charge on any atom is 0.335 e. The number of aromatic nitrogens is 1. The summed E-state index contributed by atoms with van der Waals surface area (Å²) in [6, 6.07) is 3.43. The fourth-order valence-electron chi connectivity index (χ4n) is 5.24. The normalized spacial score (nSPS) is 47.4. The fraction of sp³-hybridized carbons (Fsp3) is 0.714. The average Bonchev–Trinajstić information content (AvgIpc) is 3.21. The van der Waals surface area contributed by atoms with Gasteiger partial charge in [-0.1, -0.05) is 6.07 Å². The molecule has 0 spiro atoms. The Morgan fingerprint density at radius 3 is 2.44 bits per heavy atom. The molecule has 13 nitrogen and oxygen atoms in total. The van der Waals surface area contributed by atoms with Crippen molar-refractivity contribution >= 4 is 5.97 Å². The Morgan fingerprint density at radius 1 is 1.06 bits per heavy atom. The van der Waals surface area contributed by atoms with Gasteiger partial charge in [0.15, 0.2) is 24.8 Å². The van der Waals surface area contributed by atoms with Gasteiger partial charge in [0.1, 0.15) is 36.6 Å². The van der Waals surface area contributed by atoms with Crippen LogP contribution in [0.25, 0.3) is 0 Å². The summed E-state index contributed by atoms with van der Waals surface area (Å²) in [7, 11) is 1.81. The molecule has 7 N–H and O–H groups in total. The molecule has 13 heteroatoms. The van der Waals surface area contributed by atoms with Crippen LogP contribution in [0.1, 0.15) is 24.4 Å². The van der Waals surface area contributed by atoms with E-state index in [2.05, 4.69) is 4.98 Å². The fourth-order valence-corrected chi connectivity index (χ4v) is 5.24. The van der Waals surface area contributed by atoms with Crippen LogP contribution in [0.5, 0.6) is 0 Å². The highest BCUT2D eigenvalue weighted by Crippen LogP contribution is 2.44. The van der Waals surface area contributed by atoms with Crippen LogP contribution < -0.4 is 0 Å². The molecule has 0 radical (unpaired) electrons. The van der Waals surface area contributed by atoms with Crippen molar-refractivity contribution in [1.82, 2.24) is 4.98 Å². The molecule has 0 aromatic carbocycles. The maximum atomic E-state index is 11.8. The number of nitrogens with zero attached hydrogens (tertiary/aromatic N) is 2. The van der Waals surface area contributed by atoms with Gasteiger partial charge in [-0.3, -0.25) is 9.47 Å². The van der Waals surface area contributed by atoms with Gasteiger partial charge in [-0.2, -0.15) is 0 Å². The molecular weight excluding hydrogens is 456 g/mol. The Balaban J connectivity index is 1.69. The van der Waals surface area contributed by atoms with Crippen molar-refractivity contribution in [3.05, 3.63) is 30.1 Å². The Bertz CT molecular complexity index is 862. The highest BCUT2D eigenvalue weighted by atomic mass is 16.8. The third-order valence-electron chi connectivity index (χ3n) is 7.12. The maximum absolute atomic E-state index is 11.8. The van der Waals surface area contributed by atoms with Crippen LogP contribution in [-0.2, 0) is 19.0 Å². The van der Waals surface area contributed by atoms with Crippen LogP contribution in [-0.4, -0.2) is 126 Å². The van der Waals surface area contributed by atoms with E-state index in [0.29, 0.717) is 13.0 Å². The summed E-state index contributed by atoms with van der Waals surface area (Å²) in [6.45, 7) is 0.511. The largest absolute Gasteiger partial charge is 0.479 e. The Kier molecular flexibility index (Phi) is 7.22. The molecule has 3 aliphatic rings. The third-order valence-corrected chi connectivity index (χ3v) is 7.12.